The number of aromatic hydroxyl groups is 1. The number of nitrogens with zero attached hydrogens (tertiary/aromatic N) is 4. The van der Waals surface area contributed by atoms with Crippen LogP contribution in [0.15, 0.2) is 58.8 Å². The standard InChI is InChI=1S/C19H19ClN4OS/c1-2-4-18-22-23-19(26-13-14-7-9-16(20)10-8-14)24(18)21-12-15-5-3-6-17(25)11-15/h3,5-12,25H,2,4,13H2,1H3/b21-12-. The number of hydrogen-bond acceptors (Lipinski definition) is 5. The molecule has 0 radical (unpaired) electrons. The van der Waals surface area contributed by atoms with Crippen molar-refractivity contribution in [3.63, 3.8) is 0 Å². The Bertz CT molecular complexity index is 893. The summed E-state index contributed by atoms with van der Waals surface area (Å²) in [6.07, 6.45) is 3.46. The van der Waals surface area contributed by atoms with E-state index < -0.39 is 0 Å². The van der Waals surface area contributed by atoms with E-state index in [1.165, 1.54) is 0 Å². The van der Waals surface area contributed by atoms with Crippen LogP contribution in [0.3, 0.4) is 0 Å². The maximum atomic E-state index is 9.59. The van der Waals surface area contributed by atoms with E-state index in [4.69, 9.17) is 11.6 Å². The molecule has 0 aliphatic carbocycles. The molecule has 1 N–H and O–H groups in total. The van der Waals surface area contributed by atoms with E-state index >= 15 is 0 Å². The van der Waals surface area contributed by atoms with Crippen LogP contribution in [0.1, 0.15) is 30.3 Å². The fourth-order valence-corrected chi connectivity index (χ4v) is 3.33. The quantitative estimate of drug-likeness (QED) is 0.469. The molecule has 0 unspecified atom stereocenters. The minimum atomic E-state index is 0.212. The highest BCUT2D eigenvalue weighted by atomic mass is 35.5. The third kappa shape index (κ3) is 4.86. The number of thioether (sulfide) groups is 1. The molecule has 0 saturated heterocycles. The van der Waals surface area contributed by atoms with Crippen molar-refractivity contribution < 1.29 is 5.11 Å². The molecule has 134 valence electrons. The number of hydrogen-bond donors (Lipinski definition) is 1. The topological polar surface area (TPSA) is 63.3 Å². The molecular formula is C19H19ClN4OS. The van der Waals surface area contributed by atoms with E-state index in [-0.39, 0.29) is 5.75 Å². The van der Waals surface area contributed by atoms with Crippen molar-refractivity contribution in [1.82, 2.24) is 14.9 Å². The predicted molar refractivity (Wildman–Crippen MR) is 106 cm³/mol. The van der Waals surface area contributed by atoms with Crippen molar-refractivity contribution in [2.45, 2.75) is 30.7 Å². The molecule has 0 fully saturated rings. The Labute approximate surface area is 161 Å². The maximum Gasteiger partial charge on any atom is 0.212 e. The van der Waals surface area contributed by atoms with Crippen LogP contribution in [-0.2, 0) is 12.2 Å². The lowest BCUT2D eigenvalue weighted by atomic mass is 10.2. The molecule has 0 atom stereocenters. The highest BCUT2D eigenvalue weighted by molar-refractivity contribution is 7.98. The van der Waals surface area contributed by atoms with Crippen molar-refractivity contribution in [3.8, 4) is 5.75 Å². The number of benzene rings is 2. The lowest BCUT2D eigenvalue weighted by molar-refractivity contribution is 0.475. The van der Waals surface area contributed by atoms with Gasteiger partial charge < -0.3 is 5.11 Å². The molecule has 0 amide bonds. The SMILES string of the molecule is CCCc1nnc(SCc2ccc(Cl)cc2)n1/N=C\c1cccc(O)c1. The summed E-state index contributed by atoms with van der Waals surface area (Å²) in [6.45, 7) is 2.10. The fraction of sp³-hybridized carbons (Fsp3) is 0.211. The van der Waals surface area contributed by atoms with E-state index in [2.05, 4.69) is 22.2 Å². The Morgan fingerprint density at radius 1 is 1.19 bits per heavy atom. The zero-order chi connectivity index (χ0) is 18.4. The normalized spacial score (nSPS) is 11.3. The summed E-state index contributed by atoms with van der Waals surface area (Å²) in [6, 6.07) is 14.7. The van der Waals surface area contributed by atoms with Gasteiger partial charge in [-0.15, -0.1) is 10.2 Å². The minimum Gasteiger partial charge on any atom is -0.508 e. The number of rotatable bonds is 7. The smallest absolute Gasteiger partial charge is 0.212 e. The lowest BCUT2D eigenvalue weighted by Gasteiger charge is -2.04. The van der Waals surface area contributed by atoms with Gasteiger partial charge >= 0.3 is 0 Å². The Kier molecular flexibility index (Phi) is 6.30. The van der Waals surface area contributed by atoms with Crippen molar-refractivity contribution in [1.29, 1.82) is 0 Å². The van der Waals surface area contributed by atoms with E-state index in [9.17, 15) is 5.11 Å². The molecular weight excluding hydrogens is 368 g/mol. The molecule has 3 rings (SSSR count). The van der Waals surface area contributed by atoms with Gasteiger partial charge in [0.25, 0.3) is 0 Å². The van der Waals surface area contributed by atoms with Crippen LogP contribution in [0, 0.1) is 0 Å². The fourth-order valence-electron chi connectivity index (χ4n) is 2.34. The highest BCUT2D eigenvalue weighted by Gasteiger charge is 2.11. The van der Waals surface area contributed by atoms with Gasteiger partial charge in [-0.3, -0.25) is 0 Å². The van der Waals surface area contributed by atoms with Gasteiger partial charge in [0.1, 0.15) is 5.75 Å². The van der Waals surface area contributed by atoms with Gasteiger partial charge in [0, 0.05) is 17.2 Å². The van der Waals surface area contributed by atoms with E-state index in [1.807, 2.05) is 30.3 Å². The van der Waals surface area contributed by atoms with Crippen LogP contribution in [0.4, 0.5) is 0 Å². The van der Waals surface area contributed by atoms with Crippen molar-refractivity contribution in [2.24, 2.45) is 5.10 Å². The number of phenolic OH excluding ortho intramolecular Hbond substituents is 1. The zero-order valence-electron chi connectivity index (χ0n) is 14.3. The molecule has 0 saturated carbocycles. The summed E-state index contributed by atoms with van der Waals surface area (Å²) >= 11 is 7.51. The van der Waals surface area contributed by atoms with Crippen molar-refractivity contribution >= 4 is 29.6 Å². The molecule has 0 aliphatic rings. The van der Waals surface area contributed by atoms with Crippen molar-refractivity contribution in [3.05, 3.63) is 70.5 Å². The van der Waals surface area contributed by atoms with Gasteiger partial charge in [-0.25, -0.2) is 0 Å². The van der Waals surface area contributed by atoms with Gasteiger partial charge in [0.05, 0.1) is 6.21 Å². The average Bonchev–Trinajstić information content (AvgIpc) is 3.02. The molecule has 0 bridgehead atoms. The van der Waals surface area contributed by atoms with E-state index in [0.717, 1.165) is 45.7 Å². The second-order valence-corrected chi connectivity index (χ2v) is 7.09. The van der Waals surface area contributed by atoms with Gasteiger partial charge in [-0.05, 0) is 41.8 Å². The lowest BCUT2D eigenvalue weighted by Crippen LogP contribution is -2.00. The number of aromatic nitrogens is 3. The maximum absolute atomic E-state index is 9.59. The Hall–Kier alpha value is -2.31. The van der Waals surface area contributed by atoms with Gasteiger partial charge in [0.15, 0.2) is 5.82 Å². The third-order valence-electron chi connectivity index (χ3n) is 3.62. The summed E-state index contributed by atoms with van der Waals surface area (Å²) in [4.78, 5) is 0. The van der Waals surface area contributed by atoms with Gasteiger partial charge in [-0.1, -0.05) is 54.6 Å². The molecule has 1 heterocycles. The summed E-state index contributed by atoms with van der Waals surface area (Å²) in [7, 11) is 0. The number of phenols is 1. The molecule has 0 spiro atoms. The Morgan fingerprint density at radius 3 is 2.73 bits per heavy atom. The van der Waals surface area contributed by atoms with Crippen LogP contribution in [0.2, 0.25) is 5.02 Å². The van der Waals surface area contributed by atoms with Crippen LogP contribution in [-0.4, -0.2) is 26.2 Å². The van der Waals surface area contributed by atoms with Crippen LogP contribution in [0.25, 0.3) is 0 Å². The summed E-state index contributed by atoms with van der Waals surface area (Å²) in [5, 5.41) is 24.1. The van der Waals surface area contributed by atoms with Crippen LogP contribution < -0.4 is 0 Å². The minimum absolute atomic E-state index is 0.212. The average molecular weight is 387 g/mol. The Morgan fingerprint density at radius 2 is 2.00 bits per heavy atom. The second-order valence-electron chi connectivity index (χ2n) is 5.72. The molecule has 2 aromatic carbocycles. The highest BCUT2D eigenvalue weighted by Crippen LogP contribution is 2.23. The molecule has 5 nitrogen and oxygen atoms in total. The summed E-state index contributed by atoms with van der Waals surface area (Å²) < 4.78 is 1.77. The first-order valence-electron chi connectivity index (χ1n) is 8.30. The number of aryl methyl sites for hydroxylation is 1. The van der Waals surface area contributed by atoms with E-state index in [0.29, 0.717) is 0 Å². The first-order chi connectivity index (χ1) is 12.7. The number of halogens is 1. The second kappa shape index (κ2) is 8.87. The molecule has 26 heavy (non-hydrogen) atoms. The monoisotopic (exact) mass is 386 g/mol. The van der Waals surface area contributed by atoms with E-state index in [1.54, 1.807) is 40.9 Å². The van der Waals surface area contributed by atoms with Crippen LogP contribution in [0.5, 0.6) is 5.75 Å². The first-order valence-corrected chi connectivity index (χ1v) is 9.67. The van der Waals surface area contributed by atoms with Crippen LogP contribution >= 0.6 is 23.4 Å². The predicted octanol–water partition coefficient (Wildman–Crippen LogP) is 4.76. The van der Waals surface area contributed by atoms with Gasteiger partial charge in [-0.2, -0.15) is 9.78 Å². The first kappa shape index (κ1) is 18.5. The van der Waals surface area contributed by atoms with Crippen molar-refractivity contribution in [2.75, 3.05) is 0 Å². The summed E-state index contributed by atoms with van der Waals surface area (Å²) in [5.74, 6) is 1.79. The molecule has 7 heteroatoms. The van der Waals surface area contributed by atoms with Gasteiger partial charge in [0.2, 0.25) is 5.16 Å². The Balaban J connectivity index is 1.80. The zero-order valence-corrected chi connectivity index (χ0v) is 15.9. The molecule has 0 aliphatic heterocycles. The summed E-state index contributed by atoms with van der Waals surface area (Å²) in [5.41, 5.74) is 1.97. The molecule has 3 aromatic rings. The third-order valence-corrected chi connectivity index (χ3v) is 4.87. The largest absolute Gasteiger partial charge is 0.508 e. The molecule has 1 aromatic heterocycles.